The number of benzene rings is 2. The van der Waals surface area contributed by atoms with Crippen LogP contribution in [0.3, 0.4) is 0 Å². The number of halogens is 2. The highest BCUT2D eigenvalue weighted by Gasteiger charge is 2.33. The third kappa shape index (κ3) is 2.45. The SMILES string of the molecule is O=CCc1ccc(C(F)(F)c2ccccc2)cc1. The molecule has 0 aliphatic rings. The first kappa shape index (κ1) is 12.4. The molecule has 0 amide bonds. The van der Waals surface area contributed by atoms with E-state index in [-0.39, 0.29) is 17.5 Å². The Bertz CT molecular complexity index is 518. The minimum Gasteiger partial charge on any atom is -0.303 e. The van der Waals surface area contributed by atoms with Crippen molar-refractivity contribution in [2.75, 3.05) is 0 Å². The van der Waals surface area contributed by atoms with Crippen LogP contribution in [0.2, 0.25) is 0 Å². The molecule has 2 rings (SSSR count). The molecule has 2 aromatic carbocycles. The summed E-state index contributed by atoms with van der Waals surface area (Å²) in [5, 5.41) is 0. The highest BCUT2D eigenvalue weighted by molar-refractivity contribution is 5.55. The summed E-state index contributed by atoms with van der Waals surface area (Å²) in [6, 6.07) is 13.5. The predicted octanol–water partition coefficient (Wildman–Crippen LogP) is 3.57. The van der Waals surface area contributed by atoms with Gasteiger partial charge in [0.2, 0.25) is 0 Å². The van der Waals surface area contributed by atoms with Gasteiger partial charge in [0, 0.05) is 17.5 Å². The summed E-state index contributed by atoms with van der Waals surface area (Å²) in [4.78, 5) is 10.3. The summed E-state index contributed by atoms with van der Waals surface area (Å²) in [5.41, 5.74) is 0.633. The number of hydrogen-bond donors (Lipinski definition) is 0. The number of rotatable bonds is 4. The monoisotopic (exact) mass is 246 g/mol. The molecule has 18 heavy (non-hydrogen) atoms. The maximum atomic E-state index is 14.1. The van der Waals surface area contributed by atoms with Gasteiger partial charge in [-0.15, -0.1) is 0 Å². The first-order valence-electron chi connectivity index (χ1n) is 5.61. The Morgan fingerprint density at radius 3 is 2.00 bits per heavy atom. The van der Waals surface area contributed by atoms with Crippen molar-refractivity contribution in [1.82, 2.24) is 0 Å². The van der Waals surface area contributed by atoms with Gasteiger partial charge in [-0.2, -0.15) is 8.78 Å². The Morgan fingerprint density at radius 1 is 0.889 bits per heavy atom. The lowest BCUT2D eigenvalue weighted by molar-refractivity contribution is -0.107. The van der Waals surface area contributed by atoms with Crippen LogP contribution in [0, 0.1) is 0 Å². The molecule has 0 spiro atoms. The van der Waals surface area contributed by atoms with Crippen molar-refractivity contribution in [1.29, 1.82) is 0 Å². The summed E-state index contributed by atoms with van der Waals surface area (Å²) in [7, 11) is 0. The van der Waals surface area contributed by atoms with Crippen LogP contribution in [-0.2, 0) is 17.1 Å². The molecule has 0 atom stereocenters. The Kier molecular flexibility index (Phi) is 3.51. The third-order valence-corrected chi connectivity index (χ3v) is 2.77. The highest BCUT2D eigenvalue weighted by atomic mass is 19.3. The number of carbonyl (C=O) groups is 1. The highest BCUT2D eigenvalue weighted by Crippen LogP contribution is 2.35. The smallest absolute Gasteiger partial charge is 0.298 e. The van der Waals surface area contributed by atoms with E-state index in [0.29, 0.717) is 0 Å². The van der Waals surface area contributed by atoms with Crippen LogP contribution < -0.4 is 0 Å². The zero-order valence-electron chi connectivity index (χ0n) is 9.64. The maximum absolute atomic E-state index is 14.1. The summed E-state index contributed by atoms with van der Waals surface area (Å²) in [5.74, 6) is -3.01. The first-order chi connectivity index (χ1) is 8.64. The lowest BCUT2D eigenvalue weighted by Gasteiger charge is -2.17. The molecule has 0 fully saturated rings. The van der Waals surface area contributed by atoms with Gasteiger partial charge in [0.25, 0.3) is 5.92 Å². The number of aldehydes is 1. The van der Waals surface area contributed by atoms with Crippen molar-refractivity contribution in [3.8, 4) is 0 Å². The maximum Gasteiger partial charge on any atom is 0.298 e. The molecule has 0 aromatic heterocycles. The van der Waals surface area contributed by atoms with E-state index in [2.05, 4.69) is 0 Å². The fraction of sp³-hybridized carbons (Fsp3) is 0.133. The third-order valence-electron chi connectivity index (χ3n) is 2.77. The molecule has 0 radical (unpaired) electrons. The molecule has 0 aliphatic heterocycles. The largest absolute Gasteiger partial charge is 0.303 e. The molecule has 0 bridgehead atoms. The molecule has 0 aliphatic carbocycles. The van der Waals surface area contributed by atoms with Crippen molar-refractivity contribution in [3.05, 3.63) is 71.3 Å². The van der Waals surface area contributed by atoms with Gasteiger partial charge in [0.15, 0.2) is 0 Å². The van der Waals surface area contributed by atoms with Gasteiger partial charge < -0.3 is 4.79 Å². The van der Waals surface area contributed by atoms with Crippen LogP contribution in [0.5, 0.6) is 0 Å². The molecular weight excluding hydrogens is 234 g/mol. The molecule has 0 N–H and O–H groups in total. The second-order valence-corrected chi connectivity index (χ2v) is 4.01. The summed E-state index contributed by atoms with van der Waals surface area (Å²) in [6.45, 7) is 0. The molecule has 0 saturated carbocycles. The van der Waals surface area contributed by atoms with Gasteiger partial charge in [0.1, 0.15) is 6.29 Å². The van der Waals surface area contributed by atoms with Crippen molar-refractivity contribution in [3.63, 3.8) is 0 Å². The van der Waals surface area contributed by atoms with E-state index in [1.54, 1.807) is 30.3 Å². The Hall–Kier alpha value is -2.03. The minimum atomic E-state index is -3.01. The van der Waals surface area contributed by atoms with E-state index in [1.807, 2.05) is 0 Å². The van der Waals surface area contributed by atoms with Crippen molar-refractivity contribution in [2.24, 2.45) is 0 Å². The van der Waals surface area contributed by atoms with Crippen LogP contribution in [0.4, 0.5) is 8.78 Å². The average molecular weight is 246 g/mol. The summed E-state index contributed by atoms with van der Waals surface area (Å²) < 4.78 is 28.3. The minimum absolute atomic E-state index is 0.0341. The van der Waals surface area contributed by atoms with Crippen LogP contribution in [0.15, 0.2) is 54.6 Å². The topological polar surface area (TPSA) is 17.1 Å². The lowest BCUT2D eigenvalue weighted by atomic mass is 9.99. The van der Waals surface area contributed by atoms with Crippen LogP contribution in [-0.4, -0.2) is 6.29 Å². The van der Waals surface area contributed by atoms with Gasteiger partial charge >= 0.3 is 0 Å². The van der Waals surface area contributed by atoms with E-state index in [9.17, 15) is 13.6 Å². The van der Waals surface area contributed by atoms with Crippen LogP contribution in [0.1, 0.15) is 16.7 Å². The molecule has 3 heteroatoms. The molecule has 0 heterocycles. The molecule has 0 unspecified atom stereocenters. The van der Waals surface area contributed by atoms with Gasteiger partial charge in [-0.25, -0.2) is 0 Å². The van der Waals surface area contributed by atoms with E-state index in [0.717, 1.165) is 11.8 Å². The van der Waals surface area contributed by atoms with Crippen molar-refractivity contribution < 1.29 is 13.6 Å². The number of carbonyl (C=O) groups excluding carboxylic acids is 1. The fourth-order valence-corrected chi connectivity index (χ4v) is 1.76. The summed E-state index contributed by atoms with van der Waals surface area (Å²) >= 11 is 0. The molecule has 1 nitrogen and oxygen atoms in total. The first-order valence-corrected chi connectivity index (χ1v) is 5.61. The van der Waals surface area contributed by atoms with E-state index >= 15 is 0 Å². The van der Waals surface area contributed by atoms with Crippen LogP contribution in [0.25, 0.3) is 0 Å². The Balaban J connectivity index is 2.32. The zero-order valence-corrected chi connectivity index (χ0v) is 9.64. The van der Waals surface area contributed by atoms with Gasteiger partial charge in [-0.3, -0.25) is 0 Å². The number of hydrogen-bond acceptors (Lipinski definition) is 1. The standard InChI is InChI=1S/C15H12F2O/c16-15(17,13-4-2-1-3-5-13)14-8-6-12(7-9-14)10-11-18/h1-9,11H,10H2. The Labute approximate surface area is 104 Å². The average Bonchev–Trinajstić information content (AvgIpc) is 2.41. The lowest BCUT2D eigenvalue weighted by Crippen LogP contribution is -2.14. The molecule has 92 valence electrons. The summed E-state index contributed by atoms with van der Waals surface area (Å²) in [6.07, 6.45) is 1.00. The van der Waals surface area contributed by atoms with E-state index in [1.165, 1.54) is 24.3 Å². The van der Waals surface area contributed by atoms with Crippen LogP contribution >= 0.6 is 0 Å². The van der Waals surface area contributed by atoms with Gasteiger partial charge in [-0.1, -0.05) is 54.6 Å². The zero-order chi connectivity index (χ0) is 13.0. The molecule has 0 saturated heterocycles. The Morgan fingerprint density at radius 2 is 1.44 bits per heavy atom. The molecule has 2 aromatic rings. The van der Waals surface area contributed by atoms with E-state index < -0.39 is 5.92 Å². The predicted molar refractivity (Wildman–Crippen MR) is 65.6 cm³/mol. The van der Waals surface area contributed by atoms with Gasteiger partial charge in [0.05, 0.1) is 0 Å². The fourth-order valence-electron chi connectivity index (χ4n) is 1.76. The van der Waals surface area contributed by atoms with Crippen molar-refractivity contribution in [2.45, 2.75) is 12.3 Å². The second kappa shape index (κ2) is 5.08. The second-order valence-electron chi connectivity index (χ2n) is 4.01. The molecular formula is C15H12F2O. The number of alkyl halides is 2. The quantitative estimate of drug-likeness (QED) is 0.754. The normalized spacial score (nSPS) is 11.2. The van der Waals surface area contributed by atoms with E-state index in [4.69, 9.17) is 0 Å². The van der Waals surface area contributed by atoms with Crippen molar-refractivity contribution >= 4 is 6.29 Å². The van der Waals surface area contributed by atoms with Gasteiger partial charge in [-0.05, 0) is 5.56 Å².